The van der Waals surface area contributed by atoms with E-state index in [2.05, 4.69) is 4.72 Å². The van der Waals surface area contributed by atoms with E-state index in [-0.39, 0.29) is 6.04 Å². The Labute approximate surface area is 122 Å². The Hall–Kier alpha value is -1.07. The Morgan fingerprint density at radius 2 is 1.85 bits per heavy atom. The van der Waals surface area contributed by atoms with Crippen molar-refractivity contribution in [3.63, 3.8) is 0 Å². The number of methoxy groups -OCH3 is 1. The van der Waals surface area contributed by atoms with Gasteiger partial charge >= 0.3 is 0 Å². The summed E-state index contributed by atoms with van der Waals surface area (Å²) in [7, 11) is -1.90. The van der Waals surface area contributed by atoms with Crippen molar-refractivity contribution >= 4 is 10.0 Å². The van der Waals surface area contributed by atoms with Gasteiger partial charge in [-0.15, -0.1) is 0 Å². The molecule has 1 rings (SSSR count). The minimum Gasteiger partial charge on any atom is -0.496 e. The molecule has 1 aromatic carbocycles. The van der Waals surface area contributed by atoms with Gasteiger partial charge in [-0.25, -0.2) is 13.1 Å². The molecule has 1 aromatic rings. The molecule has 4 nitrogen and oxygen atoms in total. The second-order valence-corrected chi connectivity index (χ2v) is 6.94. The fourth-order valence-corrected chi connectivity index (χ4v) is 4.27. The van der Waals surface area contributed by atoms with Gasteiger partial charge in [-0.3, -0.25) is 0 Å². The standard InChI is InChI=1S/C15H25NO3S/c1-7-8-11(3)16-20(17,18)15-10(2)9-14(19-6)12(4)13(15)5/h9,11,16H,7-8H2,1-6H3. The van der Waals surface area contributed by atoms with Gasteiger partial charge in [0.2, 0.25) is 10.0 Å². The molecule has 0 aliphatic carbocycles. The largest absolute Gasteiger partial charge is 0.496 e. The second kappa shape index (κ2) is 6.59. The van der Waals surface area contributed by atoms with E-state index >= 15 is 0 Å². The molecule has 0 bridgehead atoms. The SMILES string of the molecule is CCCC(C)NS(=O)(=O)c1c(C)cc(OC)c(C)c1C. The van der Waals surface area contributed by atoms with Gasteiger partial charge in [0.1, 0.15) is 5.75 Å². The van der Waals surface area contributed by atoms with Crippen LogP contribution >= 0.6 is 0 Å². The van der Waals surface area contributed by atoms with Crippen molar-refractivity contribution in [3.05, 3.63) is 22.8 Å². The zero-order chi connectivity index (χ0) is 15.5. The summed E-state index contributed by atoms with van der Waals surface area (Å²) in [5, 5.41) is 0. The lowest BCUT2D eigenvalue weighted by atomic mass is 10.1. The van der Waals surface area contributed by atoms with Crippen LogP contribution in [0, 0.1) is 20.8 Å². The summed E-state index contributed by atoms with van der Waals surface area (Å²) >= 11 is 0. The predicted octanol–water partition coefficient (Wildman–Crippen LogP) is 3.09. The summed E-state index contributed by atoms with van der Waals surface area (Å²) in [6.45, 7) is 9.43. The second-order valence-electron chi connectivity index (χ2n) is 5.29. The molecule has 0 amide bonds. The highest BCUT2D eigenvalue weighted by molar-refractivity contribution is 7.89. The maximum absolute atomic E-state index is 12.6. The molecule has 0 heterocycles. The molecular formula is C15H25NO3S. The molecule has 0 aromatic heterocycles. The highest BCUT2D eigenvalue weighted by atomic mass is 32.2. The first-order valence-corrected chi connectivity index (χ1v) is 8.40. The first-order valence-electron chi connectivity index (χ1n) is 6.91. The summed E-state index contributed by atoms with van der Waals surface area (Å²) in [4.78, 5) is 0.374. The van der Waals surface area contributed by atoms with Crippen molar-refractivity contribution < 1.29 is 13.2 Å². The maximum Gasteiger partial charge on any atom is 0.241 e. The molecule has 0 spiro atoms. The van der Waals surface area contributed by atoms with E-state index in [4.69, 9.17) is 4.74 Å². The lowest BCUT2D eigenvalue weighted by Crippen LogP contribution is -2.33. The van der Waals surface area contributed by atoms with E-state index in [0.717, 1.165) is 29.7 Å². The van der Waals surface area contributed by atoms with Crippen molar-refractivity contribution in [1.29, 1.82) is 0 Å². The van der Waals surface area contributed by atoms with Crippen molar-refractivity contribution in [1.82, 2.24) is 4.72 Å². The van der Waals surface area contributed by atoms with E-state index in [1.807, 2.05) is 27.7 Å². The fourth-order valence-electron chi connectivity index (χ4n) is 2.46. The molecule has 0 radical (unpaired) electrons. The van der Waals surface area contributed by atoms with Crippen LogP contribution in [-0.2, 0) is 10.0 Å². The molecule has 0 saturated carbocycles. The molecule has 5 heteroatoms. The predicted molar refractivity (Wildman–Crippen MR) is 81.9 cm³/mol. The third-order valence-corrected chi connectivity index (χ3v) is 5.42. The average molecular weight is 299 g/mol. The van der Waals surface area contributed by atoms with E-state index < -0.39 is 10.0 Å². The van der Waals surface area contributed by atoms with Crippen LogP contribution in [0.2, 0.25) is 0 Å². The van der Waals surface area contributed by atoms with E-state index in [1.165, 1.54) is 0 Å². The van der Waals surface area contributed by atoms with Crippen molar-refractivity contribution in [2.45, 2.75) is 58.4 Å². The summed E-state index contributed by atoms with van der Waals surface area (Å²) in [6, 6.07) is 1.72. The topological polar surface area (TPSA) is 55.4 Å². The third-order valence-electron chi connectivity index (χ3n) is 3.55. The summed E-state index contributed by atoms with van der Waals surface area (Å²) in [5.74, 6) is 0.723. The molecule has 0 aliphatic rings. The van der Waals surface area contributed by atoms with E-state index in [9.17, 15) is 8.42 Å². The molecule has 1 atom stereocenters. The van der Waals surface area contributed by atoms with Gasteiger partial charge in [0.25, 0.3) is 0 Å². The molecule has 0 saturated heterocycles. The monoisotopic (exact) mass is 299 g/mol. The summed E-state index contributed by atoms with van der Waals surface area (Å²) in [6.07, 6.45) is 1.77. The summed E-state index contributed by atoms with van der Waals surface area (Å²) < 4.78 is 33.1. The van der Waals surface area contributed by atoms with Crippen molar-refractivity contribution in [3.8, 4) is 5.75 Å². The van der Waals surface area contributed by atoms with Gasteiger partial charge in [-0.05, 0) is 56.9 Å². The number of nitrogens with one attached hydrogen (secondary N) is 1. The van der Waals surface area contributed by atoms with E-state index in [0.29, 0.717) is 10.5 Å². The van der Waals surface area contributed by atoms with Crippen LogP contribution in [0.1, 0.15) is 43.4 Å². The van der Waals surface area contributed by atoms with Crippen LogP contribution in [-0.4, -0.2) is 21.6 Å². The first kappa shape index (κ1) is 17.0. The molecule has 20 heavy (non-hydrogen) atoms. The van der Waals surface area contributed by atoms with Gasteiger partial charge in [0.05, 0.1) is 12.0 Å². The van der Waals surface area contributed by atoms with Crippen LogP contribution in [0.5, 0.6) is 5.75 Å². The minimum absolute atomic E-state index is 0.0637. The van der Waals surface area contributed by atoms with E-state index in [1.54, 1.807) is 20.1 Å². The van der Waals surface area contributed by atoms with Crippen LogP contribution in [0.15, 0.2) is 11.0 Å². The zero-order valence-corrected chi connectivity index (χ0v) is 14.0. The first-order chi connectivity index (χ1) is 9.24. The Kier molecular flexibility index (Phi) is 5.59. The number of ether oxygens (including phenoxy) is 1. The fraction of sp³-hybridized carbons (Fsp3) is 0.600. The van der Waals surface area contributed by atoms with Crippen LogP contribution in [0.4, 0.5) is 0 Å². The number of aryl methyl sites for hydroxylation is 1. The van der Waals surface area contributed by atoms with Gasteiger partial charge < -0.3 is 4.74 Å². The number of hydrogen-bond donors (Lipinski definition) is 1. The van der Waals surface area contributed by atoms with Gasteiger partial charge in [-0.2, -0.15) is 0 Å². The van der Waals surface area contributed by atoms with Crippen LogP contribution in [0.3, 0.4) is 0 Å². The lowest BCUT2D eigenvalue weighted by molar-refractivity contribution is 0.410. The highest BCUT2D eigenvalue weighted by Crippen LogP contribution is 2.30. The number of hydrogen-bond acceptors (Lipinski definition) is 3. The summed E-state index contributed by atoms with van der Waals surface area (Å²) in [5.41, 5.74) is 2.32. The van der Waals surface area contributed by atoms with Gasteiger partial charge in [0.15, 0.2) is 0 Å². The Bertz CT molecular complexity index is 579. The van der Waals surface area contributed by atoms with Crippen molar-refractivity contribution in [2.24, 2.45) is 0 Å². The van der Waals surface area contributed by atoms with Gasteiger partial charge in [-0.1, -0.05) is 13.3 Å². The molecule has 0 fully saturated rings. The Morgan fingerprint density at radius 3 is 2.35 bits per heavy atom. The van der Waals surface area contributed by atoms with Crippen LogP contribution < -0.4 is 9.46 Å². The Morgan fingerprint density at radius 1 is 1.25 bits per heavy atom. The van der Waals surface area contributed by atoms with Crippen LogP contribution in [0.25, 0.3) is 0 Å². The molecule has 114 valence electrons. The third kappa shape index (κ3) is 3.52. The molecular weight excluding hydrogens is 274 g/mol. The Balaban J connectivity index is 3.29. The molecule has 1 unspecified atom stereocenters. The van der Waals surface area contributed by atoms with Crippen molar-refractivity contribution in [2.75, 3.05) is 7.11 Å². The maximum atomic E-state index is 12.6. The minimum atomic E-state index is -3.50. The zero-order valence-electron chi connectivity index (χ0n) is 13.2. The number of benzene rings is 1. The highest BCUT2D eigenvalue weighted by Gasteiger charge is 2.24. The normalized spacial score (nSPS) is 13.3. The quantitative estimate of drug-likeness (QED) is 0.878. The average Bonchev–Trinajstić information content (AvgIpc) is 2.33. The van der Waals surface area contributed by atoms with Gasteiger partial charge in [0, 0.05) is 6.04 Å². The number of sulfonamides is 1. The molecule has 0 aliphatic heterocycles. The molecule has 1 N–H and O–H groups in total. The lowest BCUT2D eigenvalue weighted by Gasteiger charge is -2.19. The number of rotatable bonds is 6. The smallest absolute Gasteiger partial charge is 0.241 e.